The van der Waals surface area contributed by atoms with Gasteiger partial charge in [0.25, 0.3) is 0 Å². The first-order chi connectivity index (χ1) is 10.5. The first-order valence-corrected chi connectivity index (χ1v) is 7.12. The lowest BCUT2D eigenvalue weighted by Gasteiger charge is -2.17. The highest BCUT2D eigenvalue weighted by atomic mass is 15.1. The smallest absolute Gasteiger partial charge is 0.182 e. The summed E-state index contributed by atoms with van der Waals surface area (Å²) < 4.78 is 0. The molecule has 0 N–H and O–H groups in total. The van der Waals surface area contributed by atoms with Crippen molar-refractivity contribution in [3.05, 3.63) is 54.7 Å². The quantitative estimate of drug-likeness (QED) is 0.725. The van der Waals surface area contributed by atoms with Crippen LogP contribution >= 0.6 is 0 Å². The number of hydrogen-bond acceptors (Lipinski definition) is 5. The Morgan fingerprint density at radius 3 is 2.27 bits per heavy atom. The Hall–Kier alpha value is -2.69. The van der Waals surface area contributed by atoms with Gasteiger partial charge in [0.1, 0.15) is 11.5 Å². The van der Waals surface area contributed by atoms with E-state index in [1.807, 2.05) is 30.3 Å². The SMILES string of the molecule is CC(C)(C)c1nc(-c2cccnc2)nc(-c2ccccn2)n1. The van der Waals surface area contributed by atoms with Crippen LogP contribution in [0.15, 0.2) is 48.9 Å². The zero-order chi connectivity index (χ0) is 15.6. The molecule has 22 heavy (non-hydrogen) atoms. The minimum absolute atomic E-state index is 0.177. The van der Waals surface area contributed by atoms with Crippen molar-refractivity contribution in [1.82, 2.24) is 24.9 Å². The Kier molecular flexibility index (Phi) is 3.63. The van der Waals surface area contributed by atoms with E-state index in [0.717, 1.165) is 17.1 Å². The van der Waals surface area contributed by atoms with Crippen LogP contribution in [0.3, 0.4) is 0 Å². The number of hydrogen-bond donors (Lipinski definition) is 0. The molecule has 0 aliphatic carbocycles. The fourth-order valence-corrected chi connectivity index (χ4v) is 1.95. The zero-order valence-electron chi connectivity index (χ0n) is 12.9. The molecular weight excluding hydrogens is 274 g/mol. The predicted molar refractivity (Wildman–Crippen MR) is 85.0 cm³/mol. The molecule has 0 fully saturated rings. The fourth-order valence-electron chi connectivity index (χ4n) is 1.95. The monoisotopic (exact) mass is 291 g/mol. The standard InChI is InChI=1S/C17H17N5/c1-17(2,3)16-21-14(12-7-6-9-18-11-12)20-15(22-16)13-8-4-5-10-19-13/h4-11H,1-3H3. The summed E-state index contributed by atoms with van der Waals surface area (Å²) in [5.74, 6) is 1.94. The van der Waals surface area contributed by atoms with Crippen molar-refractivity contribution in [2.45, 2.75) is 26.2 Å². The maximum atomic E-state index is 4.61. The summed E-state index contributed by atoms with van der Waals surface area (Å²) >= 11 is 0. The molecule has 5 heteroatoms. The topological polar surface area (TPSA) is 64.5 Å². The van der Waals surface area contributed by atoms with Crippen LogP contribution < -0.4 is 0 Å². The molecule has 0 aliphatic heterocycles. The van der Waals surface area contributed by atoms with Crippen molar-refractivity contribution in [2.75, 3.05) is 0 Å². The van der Waals surface area contributed by atoms with Crippen LogP contribution in [-0.4, -0.2) is 24.9 Å². The summed E-state index contributed by atoms with van der Waals surface area (Å²) in [5, 5.41) is 0. The maximum Gasteiger partial charge on any atom is 0.182 e. The van der Waals surface area contributed by atoms with Crippen molar-refractivity contribution in [2.24, 2.45) is 0 Å². The van der Waals surface area contributed by atoms with Gasteiger partial charge in [0.15, 0.2) is 11.6 Å². The molecule has 0 spiro atoms. The summed E-state index contributed by atoms with van der Waals surface area (Å²) in [7, 11) is 0. The van der Waals surface area contributed by atoms with Gasteiger partial charge in [-0.3, -0.25) is 9.97 Å². The van der Waals surface area contributed by atoms with Crippen molar-refractivity contribution in [3.63, 3.8) is 0 Å². The van der Waals surface area contributed by atoms with E-state index >= 15 is 0 Å². The summed E-state index contributed by atoms with van der Waals surface area (Å²) in [5.41, 5.74) is 1.43. The minimum Gasteiger partial charge on any atom is -0.264 e. The maximum absolute atomic E-state index is 4.61. The molecule has 0 atom stereocenters. The molecule has 0 aliphatic rings. The average Bonchev–Trinajstić information content (AvgIpc) is 2.55. The molecule has 0 saturated carbocycles. The molecule has 5 nitrogen and oxygen atoms in total. The average molecular weight is 291 g/mol. The van der Waals surface area contributed by atoms with Crippen molar-refractivity contribution in [3.8, 4) is 22.9 Å². The van der Waals surface area contributed by atoms with Gasteiger partial charge in [-0.2, -0.15) is 0 Å². The van der Waals surface area contributed by atoms with E-state index in [1.165, 1.54) is 0 Å². The number of pyridine rings is 2. The van der Waals surface area contributed by atoms with Gasteiger partial charge in [-0.15, -0.1) is 0 Å². The van der Waals surface area contributed by atoms with E-state index in [2.05, 4.69) is 45.7 Å². The largest absolute Gasteiger partial charge is 0.264 e. The molecular formula is C17H17N5. The van der Waals surface area contributed by atoms with Crippen molar-refractivity contribution in [1.29, 1.82) is 0 Å². The van der Waals surface area contributed by atoms with Crippen LogP contribution in [0.1, 0.15) is 26.6 Å². The molecule has 0 aromatic carbocycles. The van der Waals surface area contributed by atoms with Crippen LogP contribution in [0.2, 0.25) is 0 Å². The van der Waals surface area contributed by atoms with Crippen LogP contribution in [0, 0.1) is 0 Å². The normalized spacial score (nSPS) is 11.4. The van der Waals surface area contributed by atoms with Crippen LogP contribution in [-0.2, 0) is 5.41 Å². The van der Waals surface area contributed by atoms with Gasteiger partial charge < -0.3 is 0 Å². The molecule has 110 valence electrons. The summed E-state index contributed by atoms with van der Waals surface area (Å²) in [4.78, 5) is 22.2. The second-order valence-corrected chi connectivity index (χ2v) is 6.01. The van der Waals surface area contributed by atoms with E-state index in [9.17, 15) is 0 Å². The third-order valence-electron chi connectivity index (χ3n) is 3.12. The van der Waals surface area contributed by atoms with Crippen molar-refractivity contribution < 1.29 is 0 Å². The summed E-state index contributed by atoms with van der Waals surface area (Å²) in [6.07, 6.45) is 5.22. The molecule has 3 rings (SSSR count). The van der Waals surface area contributed by atoms with Gasteiger partial charge in [-0.05, 0) is 24.3 Å². The highest BCUT2D eigenvalue weighted by Gasteiger charge is 2.21. The molecule has 3 aromatic rings. The third-order valence-corrected chi connectivity index (χ3v) is 3.12. The van der Waals surface area contributed by atoms with Crippen LogP contribution in [0.4, 0.5) is 0 Å². The molecule has 3 aromatic heterocycles. The molecule has 0 radical (unpaired) electrons. The van der Waals surface area contributed by atoms with E-state index in [1.54, 1.807) is 18.6 Å². The van der Waals surface area contributed by atoms with Gasteiger partial charge >= 0.3 is 0 Å². The predicted octanol–water partition coefficient (Wildman–Crippen LogP) is 3.29. The van der Waals surface area contributed by atoms with Crippen LogP contribution in [0.5, 0.6) is 0 Å². The Morgan fingerprint density at radius 1 is 0.818 bits per heavy atom. The highest BCUT2D eigenvalue weighted by Crippen LogP contribution is 2.24. The number of nitrogens with zero attached hydrogens (tertiary/aromatic N) is 5. The Labute approximate surface area is 129 Å². The fraction of sp³-hybridized carbons (Fsp3) is 0.235. The first kappa shape index (κ1) is 14.3. The first-order valence-electron chi connectivity index (χ1n) is 7.12. The minimum atomic E-state index is -0.177. The number of rotatable bonds is 2. The van der Waals surface area contributed by atoms with Gasteiger partial charge in [-0.1, -0.05) is 26.8 Å². The zero-order valence-corrected chi connectivity index (χ0v) is 12.9. The lowest BCUT2D eigenvalue weighted by atomic mass is 9.95. The van der Waals surface area contributed by atoms with E-state index in [0.29, 0.717) is 11.6 Å². The third kappa shape index (κ3) is 2.98. The van der Waals surface area contributed by atoms with Crippen molar-refractivity contribution >= 4 is 0 Å². The van der Waals surface area contributed by atoms with Gasteiger partial charge in [0.05, 0.1) is 0 Å². The summed E-state index contributed by atoms with van der Waals surface area (Å²) in [6, 6.07) is 9.51. The Morgan fingerprint density at radius 2 is 1.64 bits per heavy atom. The lowest BCUT2D eigenvalue weighted by molar-refractivity contribution is 0.543. The van der Waals surface area contributed by atoms with E-state index in [-0.39, 0.29) is 5.41 Å². The van der Waals surface area contributed by atoms with E-state index < -0.39 is 0 Å². The molecule has 0 unspecified atom stereocenters. The molecule has 3 heterocycles. The Bertz CT molecular complexity index is 706. The van der Waals surface area contributed by atoms with Gasteiger partial charge in [0, 0.05) is 29.6 Å². The second kappa shape index (κ2) is 5.60. The molecule has 0 amide bonds. The van der Waals surface area contributed by atoms with E-state index in [4.69, 9.17) is 0 Å². The number of aromatic nitrogens is 5. The highest BCUT2D eigenvalue weighted by molar-refractivity contribution is 5.57. The lowest BCUT2D eigenvalue weighted by Crippen LogP contribution is -2.18. The molecule has 0 bridgehead atoms. The van der Waals surface area contributed by atoms with Gasteiger partial charge in [-0.25, -0.2) is 15.0 Å². The van der Waals surface area contributed by atoms with Gasteiger partial charge in [0.2, 0.25) is 0 Å². The molecule has 0 saturated heterocycles. The van der Waals surface area contributed by atoms with Crippen LogP contribution in [0.25, 0.3) is 22.9 Å². The Balaban J connectivity index is 2.19. The summed E-state index contributed by atoms with van der Waals surface area (Å²) in [6.45, 7) is 6.24. The second-order valence-electron chi connectivity index (χ2n) is 6.01.